The highest BCUT2D eigenvalue weighted by Gasteiger charge is 2.23. The average Bonchev–Trinajstić information content (AvgIpc) is 2.38. The summed E-state index contributed by atoms with van der Waals surface area (Å²) in [5.41, 5.74) is 0.104. The van der Waals surface area contributed by atoms with Crippen LogP contribution in [-0.2, 0) is 6.61 Å². The Balaban J connectivity index is 3.31. The van der Waals surface area contributed by atoms with E-state index in [1.54, 1.807) is 6.07 Å². The maximum atomic E-state index is 13.9. The van der Waals surface area contributed by atoms with Crippen LogP contribution < -0.4 is 16.7 Å². The summed E-state index contributed by atoms with van der Waals surface area (Å²) in [7, 11) is 1.30. The Kier molecular flexibility index (Phi) is 5.55. The molecule has 0 aliphatic carbocycles. The van der Waals surface area contributed by atoms with Gasteiger partial charge in [-0.3, -0.25) is 5.01 Å². The van der Waals surface area contributed by atoms with Crippen molar-refractivity contribution in [1.29, 1.82) is 0 Å². The lowest BCUT2D eigenvalue weighted by molar-refractivity contribution is 0.216. The summed E-state index contributed by atoms with van der Waals surface area (Å²) in [4.78, 5) is 12.4. The topological polar surface area (TPSA) is 95.8 Å². The third kappa shape index (κ3) is 3.35. The van der Waals surface area contributed by atoms with E-state index >= 15 is 0 Å². The van der Waals surface area contributed by atoms with Crippen LogP contribution in [0, 0.1) is 5.82 Å². The molecule has 0 saturated heterocycles. The Labute approximate surface area is 115 Å². The summed E-state index contributed by atoms with van der Waals surface area (Å²) in [5, 5.41) is 10.7. The van der Waals surface area contributed by atoms with Gasteiger partial charge in [-0.25, -0.2) is 25.9 Å². The van der Waals surface area contributed by atoms with Gasteiger partial charge in [0, 0.05) is 17.5 Å². The average molecular weight is 288 g/mol. The van der Waals surface area contributed by atoms with E-state index in [0.29, 0.717) is 9.90 Å². The predicted molar refractivity (Wildman–Crippen MR) is 72.7 cm³/mol. The lowest BCUT2D eigenvalue weighted by Gasteiger charge is -2.24. The number of nitrogens with two attached hydrogens (primary N) is 2. The number of thioether (sulfide) groups is 1. The van der Waals surface area contributed by atoms with Gasteiger partial charge in [0.05, 0.1) is 6.61 Å². The van der Waals surface area contributed by atoms with Gasteiger partial charge < -0.3 is 5.11 Å². The normalized spacial score (nSPS) is 10.4. The van der Waals surface area contributed by atoms with Crippen molar-refractivity contribution < 1.29 is 14.3 Å². The Bertz CT molecular complexity index is 470. The number of rotatable bonds is 4. The fourth-order valence-electron chi connectivity index (χ4n) is 1.56. The van der Waals surface area contributed by atoms with Gasteiger partial charge in [-0.15, -0.1) is 11.8 Å². The van der Waals surface area contributed by atoms with Crippen molar-refractivity contribution >= 4 is 23.5 Å². The third-order valence-corrected chi connectivity index (χ3v) is 3.38. The monoisotopic (exact) mass is 288 g/mol. The number of aliphatic hydroxyl groups excluding tert-OH is 1. The van der Waals surface area contributed by atoms with Crippen molar-refractivity contribution in [3.05, 3.63) is 23.5 Å². The van der Waals surface area contributed by atoms with Crippen molar-refractivity contribution in [3.8, 4) is 0 Å². The highest BCUT2D eigenvalue weighted by atomic mass is 32.2. The van der Waals surface area contributed by atoms with Crippen LogP contribution in [0.4, 0.5) is 14.9 Å². The molecule has 5 N–H and O–H groups in total. The van der Waals surface area contributed by atoms with Gasteiger partial charge in [-0.05, 0) is 17.9 Å². The molecule has 8 heteroatoms. The SMILES string of the molecule is CCSc1ccc(F)c(N(N)C(=O)N(C)N)c1CO. The van der Waals surface area contributed by atoms with Gasteiger partial charge in [0.2, 0.25) is 0 Å². The molecule has 1 rings (SSSR count). The van der Waals surface area contributed by atoms with Crippen LogP contribution in [0.3, 0.4) is 0 Å². The molecule has 0 bridgehead atoms. The number of halogens is 1. The molecule has 0 heterocycles. The number of carbonyl (C=O) groups is 1. The highest BCUT2D eigenvalue weighted by molar-refractivity contribution is 7.99. The van der Waals surface area contributed by atoms with Crippen molar-refractivity contribution in [2.24, 2.45) is 11.7 Å². The van der Waals surface area contributed by atoms with E-state index in [4.69, 9.17) is 11.7 Å². The number of hydrazine groups is 2. The second-order valence-corrected chi connectivity index (χ2v) is 5.03. The number of amides is 2. The van der Waals surface area contributed by atoms with Gasteiger partial charge in [0.15, 0.2) is 0 Å². The molecule has 0 fully saturated rings. The molecule has 0 aliphatic rings. The maximum absolute atomic E-state index is 13.9. The van der Waals surface area contributed by atoms with Crippen LogP contribution in [0.1, 0.15) is 12.5 Å². The zero-order valence-corrected chi connectivity index (χ0v) is 11.6. The molecule has 1 aromatic rings. The molecule has 0 saturated carbocycles. The molecule has 1 aromatic carbocycles. The summed E-state index contributed by atoms with van der Waals surface area (Å²) >= 11 is 1.42. The summed E-state index contributed by atoms with van der Waals surface area (Å²) in [6.45, 7) is 1.50. The van der Waals surface area contributed by atoms with Crippen molar-refractivity contribution in [3.63, 3.8) is 0 Å². The lowest BCUT2D eigenvalue weighted by Crippen LogP contribution is -2.49. The van der Waals surface area contributed by atoms with Crippen molar-refractivity contribution in [2.75, 3.05) is 17.8 Å². The number of urea groups is 1. The summed E-state index contributed by atoms with van der Waals surface area (Å²) < 4.78 is 13.9. The largest absolute Gasteiger partial charge is 0.392 e. The van der Waals surface area contributed by atoms with E-state index in [2.05, 4.69) is 0 Å². The van der Waals surface area contributed by atoms with E-state index in [9.17, 15) is 14.3 Å². The smallest absolute Gasteiger partial charge is 0.352 e. The minimum absolute atomic E-state index is 0.164. The van der Waals surface area contributed by atoms with E-state index < -0.39 is 18.5 Å². The van der Waals surface area contributed by atoms with Crippen LogP contribution in [-0.4, -0.2) is 28.9 Å². The van der Waals surface area contributed by atoms with Crippen LogP contribution in [0.5, 0.6) is 0 Å². The first-order chi connectivity index (χ1) is 8.93. The zero-order valence-electron chi connectivity index (χ0n) is 10.8. The molecule has 6 nitrogen and oxygen atoms in total. The van der Waals surface area contributed by atoms with Crippen LogP contribution in [0.15, 0.2) is 17.0 Å². The number of aliphatic hydroxyl groups is 1. The van der Waals surface area contributed by atoms with Crippen molar-refractivity contribution in [2.45, 2.75) is 18.4 Å². The third-order valence-electron chi connectivity index (χ3n) is 2.40. The van der Waals surface area contributed by atoms with E-state index in [1.807, 2.05) is 6.92 Å². The molecule has 0 spiro atoms. The van der Waals surface area contributed by atoms with Gasteiger partial charge in [0.25, 0.3) is 0 Å². The molecule has 0 atom stereocenters. The molecular weight excluding hydrogens is 271 g/mol. The molecule has 106 valence electrons. The summed E-state index contributed by atoms with van der Waals surface area (Å²) in [6.07, 6.45) is 0. The zero-order chi connectivity index (χ0) is 14.6. The van der Waals surface area contributed by atoms with Gasteiger partial charge >= 0.3 is 6.03 Å². The predicted octanol–water partition coefficient (Wildman–Crippen LogP) is 1.04. The Hall–Kier alpha value is -1.35. The van der Waals surface area contributed by atoms with Crippen molar-refractivity contribution in [1.82, 2.24) is 5.01 Å². The molecule has 0 unspecified atom stereocenters. The fraction of sp³-hybridized carbons (Fsp3) is 0.364. The first-order valence-electron chi connectivity index (χ1n) is 5.56. The molecular formula is C11H17FN4O2S. The summed E-state index contributed by atoms with van der Waals surface area (Å²) in [5.74, 6) is 10.9. The standard InChI is InChI=1S/C11H17FN4O2S/c1-3-19-9-5-4-8(12)10(7(9)6-17)16(14)11(18)15(2)13/h4-5,17H,3,6,13-14H2,1-2H3. The Morgan fingerprint density at radius 3 is 2.58 bits per heavy atom. The number of hydrogen-bond acceptors (Lipinski definition) is 5. The van der Waals surface area contributed by atoms with Gasteiger partial charge in [-0.1, -0.05) is 6.92 Å². The van der Waals surface area contributed by atoms with Crippen LogP contribution in [0.2, 0.25) is 0 Å². The molecule has 0 aromatic heterocycles. The molecule has 0 aliphatic heterocycles. The quantitative estimate of drug-likeness (QED) is 0.333. The second-order valence-electron chi connectivity index (χ2n) is 3.73. The number of nitrogens with zero attached hydrogens (tertiary/aromatic N) is 2. The number of benzene rings is 1. The fourth-order valence-corrected chi connectivity index (χ4v) is 2.37. The summed E-state index contributed by atoms with van der Waals surface area (Å²) in [6, 6.07) is 1.96. The minimum Gasteiger partial charge on any atom is -0.392 e. The number of hydrogen-bond donors (Lipinski definition) is 3. The van der Waals surface area contributed by atoms with E-state index in [-0.39, 0.29) is 11.3 Å². The lowest BCUT2D eigenvalue weighted by atomic mass is 10.1. The highest BCUT2D eigenvalue weighted by Crippen LogP contribution is 2.32. The Morgan fingerprint density at radius 1 is 1.47 bits per heavy atom. The van der Waals surface area contributed by atoms with Gasteiger partial charge in [0.1, 0.15) is 11.5 Å². The van der Waals surface area contributed by atoms with E-state index in [1.165, 1.54) is 24.9 Å². The first-order valence-corrected chi connectivity index (χ1v) is 6.54. The molecule has 2 amide bonds. The van der Waals surface area contributed by atoms with Gasteiger partial charge in [-0.2, -0.15) is 0 Å². The number of anilines is 1. The van der Waals surface area contributed by atoms with Crippen LogP contribution >= 0.6 is 11.8 Å². The second kappa shape index (κ2) is 6.71. The minimum atomic E-state index is -0.785. The van der Waals surface area contributed by atoms with E-state index in [0.717, 1.165) is 10.8 Å². The maximum Gasteiger partial charge on any atom is 0.352 e. The first kappa shape index (κ1) is 15.7. The Morgan fingerprint density at radius 2 is 2.11 bits per heavy atom. The number of carbonyl (C=O) groups excluding carboxylic acids is 1. The molecule has 0 radical (unpaired) electrons. The molecule has 19 heavy (non-hydrogen) atoms. The van der Waals surface area contributed by atoms with Crippen LogP contribution in [0.25, 0.3) is 0 Å².